The normalized spacial score (nSPS) is 11.8. The maximum atomic E-state index is 4.37. The first-order valence-corrected chi connectivity index (χ1v) is 5.94. The van der Waals surface area contributed by atoms with Crippen molar-refractivity contribution in [3.05, 3.63) is 36.5 Å². The van der Waals surface area contributed by atoms with E-state index in [2.05, 4.69) is 34.6 Å². The molecule has 1 N–H and O–H groups in total. The van der Waals surface area contributed by atoms with Crippen LogP contribution in [0.1, 0.15) is 26.7 Å². The van der Waals surface area contributed by atoms with Crippen LogP contribution in [0.5, 0.6) is 0 Å². The smallest absolute Gasteiger partial charge is 0.0951 e. The summed E-state index contributed by atoms with van der Waals surface area (Å²) >= 11 is 0. The zero-order chi connectivity index (χ0) is 12.1. The van der Waals surface area contributed by atoms with Crippen molar-refractivity contribution in [2.24, 2.45) is 5.10 Å². The lowest BCUT2D eigenvalue weighted by Crippen LogP contribution is -1.98. The Hall–Kier alpha value is -1.90. The lowest BCUT2D eigenvalue weighted by Gasteiger charge is -2.05. The van der Waals surface area contributed by atoms with Gasteiger partial charge in [-0.05, 0) is 25.5 Å². The Kier molecular flexibility index (Phi) is 3.70. The van der Waals surface area contributed by atoms with Crippen molar-refractivity contribution in [1.82, 2.24) is 4.98 Å². The predicted molar refractivity (Wildman–Crippen MR) is 73.4 cm³/mol. The number of aromatic nitrogens is 1. The molecule has 3 heteroatoms. The minimum Gasteiger partial charge on any atom is -0.276 e. The van der Waals surface area contributed by atoms with E-state index in [0.717, 1.165) is 35.1 Å². The molecule has 0 saturated heterocycles. The number of pyridine rings is 1. The minimum atomic E-state index is 0.957. The molecule has 1 aromatic carbocycles. The van der Waals surface area contributed by atoms with Gasteiger partial charge < -0.3 is 0 Å². The second kappa shape index (κ2) is 5.43. The largest absolute Gasteiger partial charge is 0.276 e. The first-order chi connectivity index (χ1) is 8.31. The van der Waals surface area contributed by atoms with Crippen molar-refractivity contribution >= 4 is 22.3 Å². The summed E-state index contributed by atoms with van der Waals surface area (Å²) in [7, 11) is 0. The van der Waals surface area contributed by atoms with Gasteiger partial charge in [0.05, 0.1) is 11.2 Å². The molecule has 0 spiro atoms. The third-order valence-corrected chi connectivity index (χ3v) is 2.61. The molecule has 1 heterocycles. The maximum Gasteiger partial charge on any atom is 0.0951 e. The number of hydrazone groups is 1. The van der Waals surface area contributed by atoms with E-state index in [4.69, 9.17) is 0 Å². The molecule has 0 atom stereocenters. The number of hydrogen-bond acceptors (Lipinski definition) is 3. The number of rotatable bonds is 4. The molecule has 0 aliphatic carbocycles. The zero-order valence-electron chi connectivity index (χ0n) is 10.3. The number of hydrogen-bond donors (Lipinski definition) is 1. The number of anilines is 1. The third-order valence-electron chi connectivity index (χ3n) is 2.61. The predicted octanol–water partition coefficient (Wildman–Crippen LogP) is 3.82. The number of para-hydroxylation sites is 1. The van der Waals surface area contributed by atoms with E-state index >= 15 is 0 Å². The fourth-order valence-electron chi connectivity index (χ4n) is 1.77. The summed E-state index contributed by atoms with van der Waals surface area (Å²) in [6.45, 7) is 4.19. The Morgan fingerprint density at radius 3 is 2.94 bits per heavy atom. The molecule has 3 nitrogen and oxygen atoms in total. The van der Waals surface area contributed by atoms with Gasteiger partial charge >= 0.3 is 0 Å². The molecule has 2 rings (SSSR count). The highest BCUT2D eigenvalue weighted by Gasteiger charge is 1.99. The van der Waals surface area contributed by atoms with E-state index in [9.17, 15) is 0 Å². The molecule has 1 aromatic heterocycles. The second-order valence-corrected chi connectivity index (χ2v) is 4.09. The quantitative estimate of drug-likeness (QED) is 0.636. The van der Waals surface area contributed by atoms with Gasteiger partial charge in [0.25, 0.3) is 0 Å². The Labute approximate surface area is 102 Å². The van der Waals surface area contributed by atoms with Crippen LogP contribution in [0.15, 0.2) is 41.6 Å². The van der Waals surface area contributed by atoms with Gasteiger partial charge in [-0.1, -0.05) is 31.5 Å². The molecule has 0 saturated carbocycles. The van der Waals surface area contributed by atoms with Crippen LogP contribution in [0.2, 0.25) is 0 Å². The Morgan fingerprint density at radius 2 is 2.12 bits per heavy atom. The van der Waals surface area contributed by atoms with Gasteiger partial charge in [0, 0.05) is 17.3 Å². The number of benzene rings is 1. The van der Waals surface area contributed by atoms with Gasteiger partial charge in [0.1, 0.15) is 0 Å². The van der Waals surface area contributed by atoms with Gasteiger partial charge in [-0.3, -0.25) is 10.4 Å². The van der Waals surface area contributed by atoms with Crippen LogP contribution in [-0.2, 0) is 0 Å². The highest BCUT2D eigenvalue weighted by atomic mass is 15.3. The average Bonchev–Trinajstić information content (AvgIpc) is 2.36. The second-order valence-electron chi connectivity index (χ2n) is 4.09. The van der Waals surface area contributed by atoms with Crippen molar-refractivity contribution in [2.45, 2.75) is 26.7 Å². The molecule has 0 radical (unpaired) electrons. The molecule has 17 heavy (non-hydrogen) atoms. The average molecular weight is 227 g/mol. The summed E-state index contributed by atoms with van der Waals surface area (Å²) in [6, 6.07) is 10.1. The Bertz CT molecular complexity index is 526. The summed E-state index contributed by atoms with van der Waals surface area (Å²) in [5, 5.41) is 5.49. The standard InChI is InChI=1S/C14H17N3/c1-3-6-11(2)16-17-13-9-4-7-12-8-5-10-15-14(12)13/h4-5,7-10,17H,3,6H2,1-2H3. The van der Waals surface area contributed by atoms with Crippen LogP contribution in [0, 0.1) is 0 Å². The minimum absolute atomic E-state index is 0.957. The summed E-state index contributed by atoms with van der Waals surface area (Å²) in [4.78, 5) is 4.37. The molecule has 0 amide bonds. The fraction of sp³-hybridized carbons (Fsp3) is 0.286. The number of nitrogens with zero attached hydrogens (tertiary/aromatic N) is 2. The monoisotopic (exact) mass is 227 g/mol. The van der Waals surface area contributed by atoms with Crippen LogP contribution < -0.4 is 5.43 Å². The van der Waals surface area contributed by atoms with Gasteiger partial charge in [-0.2, -0.15) is 5.10 Å². The lowest BCUT2D eigenvalue weighted by atomic mass is 10.2. The SMILES string of the molecule is CCCC(C)=NNc1cccc2cccnc12. The molecular formula is C14H17N3. The molecule has 88 valence electrons. The zero-order valence-corrected chi connectivity index (χ0v) is 10.3. The highest BCUT2D eigenvalue weighted by molar-refractivity contribution is 5.91. The molecule has 2 aromatic rings. The van der Waals surface area contributed by atoms with E-state index in [1.807, 2.05) is 25.1 Å². The first kappa shape index (κ1) is 11.6. The first-order valence-electron chi connectivity index (χ1n) is 5.94. The van der Waals surface area contributed by atoms with Crippen LogP contribution in [0.3, 0.4) is 0 Å². The molecule has 0 unspecified atom stereocenters. The van der Waals surface area contributed by atoms with E-state index < -0.39 is 0 Å². The van der Waals surface area contributed by atoms with E-state index in [0.29, 0.717) is 0 Å². The van der Waals surface area contributed by atoms with Gasteiger partial charge in [-0.25, -0.2) is 0 Å². The van der Waals surface area contributed by atoms with Crippen molar-refractivity contribution in [3.8, 4) is 0 Å². The fourth-order valence-corrected chi connectivity index (χ4v) is 1.77. The van der Waals surface area contributed by atoms with Crippen molar-refractivity contribution in [3.63, 3.8) is 0 Å². The summed E-state index contributed by atoms with van der Waals surface area (Å²) in [6.07, 6.45) is 3.94. The van der Waals surface area contributed by atoms with Crippen molar-refractivity contribution in [2.75, 3.05) is 5.43 Å². The molecule has 0 aliphatic heterocycles. The van der Waals surface area contributed by atoms with Crippen molar-refractivity contribution < 1.29 is 0 Å². The van der Waals surface area contributed by atoms with Gasteiger partial charge in [-0.15, -0.1) is 0 Å². The molecule has 0 bridgehead atoms. The van der Waals surface area contributed by atoms with Gasteiger partial charge in [0.2, 0.25) is 0 Å². The maximum absolute atomic E-state index is 4.37. The third kappa shape index (κ3) is 2.81. The highest BCUT2D eigenvalue weighted by Crippen LogP contribution is 2.20. The topological polar surface area (TPSA) is 37.3 Å². The van der Waals surface area contributed by atoms with E-state index in [1.54, 1.807) is 6.20 Å². The van der Waals surface area contributed by atoms with Crippen LogP contribution in [0.4, 0.5) is 5.69 Å². The van der Waals surface area contributed by atoms with Gasteiger partial charge in [0.15, 0.2) is 0 Å². The number of fused-ring (bicyclic) bond motifs is 1. The van der Waals surface area contributed by atoms with Crippen LogP contribution >= 0.6 is 0 Å². The summed E-state index contributed by atoms with van der Waals surface area (Å²) < 4.78 is 0. The van der Waals surface area contributed by atoms with Crippen LogP contribution in [-0.4, -0.2) is 10.7 Å². The molecular weight excluding hydrogens is 210 g/mol. The lowest BCUT2D eigenvalue weighted by molar-refractivity contribution is 0.983. The Morgan fingerprint density at radius 1 is 1.29 bits per heavy atom. The van der Waals surface area contributed by atoms with E-state index in [1.165, 1.54) is 0 Å². The summed E-state index contributed by atoms with van der Waals surface area (Å²) in [5.74, 6) is 0. The summed E-state index contributed by atoms with van der Waals surface area (Å²) in [5.41, 5.74) is 6.13. The Balaban J connectivity index is 2.27. The number of nitrogens with one attached hydrogen (secondary N) is 1. The molecule has 0 aliphatic rings. The van der Waals surface area contributed by atoms with Crippen LogP contribution in [0.25, 0.3) is 10.9 Å². The van der Waals surface area contributed by atoms with Crippen molar-refractivity contribution in [1.29, 1.82) is 0 Å². The van der Waals surface area contributed by atoms with E-state index in [-0.39, 0.29) is 0 Å². The molecule has 0 fully saturated rings.